The maximum Gasteiger partial charge on any atom is 0.333 e. The van der Waals surface area contributed by atoms with E-state index in [0.717, 1.165) is 18.6 Å². The van der Waals surface area contributed by atoms with Gasteiger partial charge in [-0.1, -0.05) is 46.8 Å². The Morgan fingerprint density at radius 2 is 1.78 bits per heavy atom. The van der Waals surface area contributed by atoms with E-state index < -0.39 is 6.03 Å². The quantitative estimate of drug-likeness (QED) is 0.257. The Morgan fingerprint density at radius 3 is 2.39 bits per heavy atom. The van der Waals surface area contributed by atoms with Crippen LogP contribution in [0.25, 0.3) is 0 Å². The van der Waals surface area contributed by atoms with Crippen molar-refractivity contribution < 1.29 is 14.3 Å². The highest BCUT2D eigenvalue weighted by atomic mass is 16.5. The second-order valence-electron chi connectivity index (χ2n) is 9.33. The normalized spacial score (nSPS) is 11.6. The number of carbonyl (C=O) groups is 1. The lowest BCUT2D eigenvalue weighted by Crippen LogP contribution is -2.39. The Balaban J connectivity index is 1.88. The van der Waals surface area contributed by atoms with E-state index in [9.17, 15) is 10.1 Å². The van der Waals surface area contributed by atoms with E-state index in [-0.39, 0.29) is 16.5 Å². The molecule has 0 fully saturated rings. The van der Waals surface area contributed by atoms with Gasteiger partial charge in [0.1, 0.15) is 23.6 Å². The number of ether oxygens (including phenoxy) is 2. The molecule has 1 unspecified atom stereocenters. The van der Waals surface area contributed by atoms with Crippen LogP contribution in [0.15, 0.2) is 30.3 Å². The number of amides is 2. The lowest BCUT2D eigenvalue weighted by Gasteiger charge is -2.26. The Bertz CT molecular complexity index is 1130. The zero-order valence-corrected chi connectivity index (χ0v) is 22.1. The summed E-state index contributed by atoms with van der Waals surface area (Å²) in [4.78, 5) is 12.2. The van der Waals surface area contributed by atoms with Crippen LogP contribution in [0, 0.1) is 22.7 Å². The maximum absolute atomic E-state index is 12.2. The first kappa shape index (κ1) is 28.3. The van der Waals surface area contributed by atoms with Gasteiger partial charge in [-0.2, -0.15) is 10.5 Å². The summed E-state index contributed by atoms with van der Waals surface area (Å²) in [6, 6.07) is 12.9. The fourth-order valence-electron chi connectivity index (χ4n) is 3.57. The molecule has 0 saturated carbocycles. The number of hydrogen-bond donors (Lipinski definition) is 3. The highest BCUT2D eigenvalue weighted by Gasteiger charge is 2.21. The molecule has 2 amide bonds. The molecule has 0 aliphatic rings. The third-order valence-corrected chi connectivity index (χ3v) is 6.57. The summed E-state index contributed by atoms with van der Waals surface area (Å²) in [5.74, 6) is 1.63. The second-order valence-corrected chi connectivity index (χ2v) is 9.33. The lowest BCUT2D eigenvalue weighted by molar-refractivity contribution is 0.241. The van der Waals surface area contributed by atoms with Crippen LogP contribution in [0.4, 0.5) is 10.5 Å². The lowest BCUT2D eigenvalue weighted by atomic mass is 9.80. The number of benzene rings is 2. The molecule has 36 heavy (non-hydrogen) atoms. The molecular formula is C28H37N5O3. The molecule has 8 nitrogen and oxygen atoms in total. The highest BCUT2D eigenvalue weighted by molar-refractivity contribution is 5.76. The molecule has 0 aliphatic carbocycles. The summed E-state index contributed by atoms with van der Waals surface area (Å²) in [6.07, 6.45) is 2.72. The van der Waals surface area contributed by atoms with E-state index >= 15 is 0 Å². The van der Waals surface area contributed by atoms with Crippen LogP contribution in [-0.2, 0) is 5.41 Å². The first-order valence-electron chi connectivity index (χ1n) is 12.3. The minimum atomic E-state index is -0.439. The number of urea groups is 1. The predicted octanol–water partition coefficient (Wildman–Crippen LogP) is 5.73. The van der Waals surface area contributed by atoms with Gasteiger partial charge in [-0.05, 0) is 53.9 Å². The van der Waals surface area contributed by atoms with Crippen molar-refractivity contribution in [2.75, 3.05) is 25.7 Å². The number of hydrogen-bond acceptors (Lipinski definition) is 6. The zero-order chi connectivity index (χ0) is 26.7. The van der Waals surface area contributed by atoms with Crippen LogP contribution in [0.2, 0.25) is 0 Å². The Hall–Kier alpha value is -3.91. The molecule has 192 valence electrons. The molecule has 0 radical (unpaired) electrons. The van der Waals surface area contributed by atoms with Crippen molar-refractivity contribution >= 4 is 11.7 Å². The van der Waals surface area contributed by atoms with E-state index in [0.29, 0.717) is 36.9 Å². The van der Waals surface area contributed by atoms with Crippen LogP contribution >= 0.6 is 0 Å². The summed E-state index contributed by atoms with van der Waals surface area (Å²) < 4.78 is 11.3. The molecule has 1 atom stereocenters. The van der Waals surface area contributed by atoms with Gasteiger partial charge < -0.3 is 14.8 Å². The number of hydrazine groups is 1. The number of nitriles is 2. The second kappa shape index (κ2) is 13.3. The van der Waals surface area contributed by atoms with Crippen LogP contribution in [0.1, 0.15) is 82.1 Å². The van der Waals surface area contributed by atoms with E-state index in [4.69, 9.17) is 14.7 Å². The van der Waals surface area contributed by atoms with Gasteiger partial charge in [0.15, 0.2) is 0 Å². The minimum absolute atomic E-state index is 0.115. The summed E-state index contributed by atoms with van der Waals surface area (Å²) in [7, 11) is 1.44. The van der Waals surface area contributed by atoms with Crippen LogP contribution in [-0.4, -0.2) is 26.3 Å². The van der Waals surface area contributed by atoms with Crippen LogP contribution in [0.5, 0.6) is 11.5 Å². The smallest absolute Gasteiger partial charge is 0.333 e. The summed E-state index contributed by atoms with van der Waals surface area (Å²) >= 11 is 0. The van der Waals surface area contributed by atoms with Crippen molar-refractivity contribution in [1.29, 1.82) is 10.5 Å². The zero-order valence-electron chi connectivity index (χ0n) is 22.1. The standard InChI is InChI=1S/C28H37N5O3/c1-7-19(3)23-16-22(28(4,5)8-2)10-11-25(23)36-13-9-12-31-27(34)33-32-24-14-20(17-29)21(18-30)15-26(24)35-6/h10-11,14-16,19,32H,7-9,12-13H2,1-6H3,(H2,31,33,34). The van der Waals surface area contributed by atoms with Gasteiger partial charge >= 0.3 is 6.03 Å². The largest absolute Gasteiger partial charge is 0.494 e. The van der Waals surface area contributed by atoms with Gasteiger partial charge in [0, 0.05) is 12.6 Å². The minimum Gasteiger partial charge on any atom is -0.494 e. The Labute approximate surface area is 214 Å². The van der Waals surface area contributed by atoms with Crippen molar-refractivity contribution in [1.82, 2.24) is 10.7 Å². The van der Waals surface area contributed by atoms with E-state index in [2.05, 4.69) is 69.0 Å². The van der Waals surface area contributed by atoms with Gasteiger partial charge in [0.25, 0.3) is 0 Å². The fraction of sp³-hybridized carbons (Fsp3) is 0.464. The molecule has 3 N–H and O–H groups in total. The van der Waals surface area contributed by atoms with E-state index in [1.165, 1.54) is 30.4 Å². The molecule has 0 bridgehead atoms. The van der Waals surface area contributed by atoms with Crippen molar-refractivity contribution in [2.45, 2.75) is 65.2 Å². The number of anilines is 1. The number of nitrogens with zero attached hydrogens (tertiary/aromatic N) is 2. The van der Waals surface area contributed by atoms with E-state index in [1.807, 2.05) is 12.1 Å². The molecule has 8 heteroatoms. The molecule has 2 aromatic carbocycles. The van der Waals surface area contributed by atoms with Crippen molar-refractivity contribution in [2.24, 2.45) is 0 Å². The number of nitrogens with one attached hydrogen (secondary N) is 3. The highest BCUT2D eigenvalue weighted by Crippen LogP contribution is 2.35. The molecular weight excluding hydrogens is 454 g/mol. The predicted molar refractivity (Wildman–Crippen MR) is 141 cm³/mol. The summed E-state index contributed by atoms with van der Waals surface area (Å²) in [5.41, 5.74) is 8.65. The monoisotopic (exact) mass is 491 g/mol. The Kier molecular flexibility index (Phi) is 10.4. The maximum atomic E-state index is 12.2. The van der Waals surface area contributed by atoms with Gasteiger partial charge in [0.2, 0.25) is 0 Å². The van der Waals surface area contributed by atoms with Crippen molar-refractivity contribution in [3.63, 3.8) is 0 Å². The average molecular weight is 492 g/mol. The first-order chi connectivity index (χ1) is 17.2. The van der Waals surface area contributed by atoms with Gasteiger partial charge in [-0.25, -0.2) is 4.79 Å². The molecule has 0 heterocycles. The van der Waals surface area contributed by atoms with Gasteiger partial charge in [-0.15, -0.1) is 0 Å². The van der Waals surface area contributed by atoms with E-state index in [1.54, 1.807) is 0 Å². The summed E-state index contributed by atoms with van der Waals surface area (Å²) in [5, 5.41) is 21.1. The molecule has 0 spiro atoms. The average Bonchev–Trinajstić information content (AvgIpc) is 2.90. The third-order valence-electron chi connectivity index (χ3n) is 6.57. The number of carbonyl (C=O) groups excluding carboxylic acids is 1. The molecule has 0 aliphatic heterocycles. The Morgan fingerprint density at radius 1 is 1.08 bits per heavy atom. The molecule has 0 saturated heterocycles. The third kappa shape index (κ3) is 7.29. The fourth-order valence-corrected chi connectivity index (χ4v) is 3.57. The van der Waals surface area contributed by atoms with Crippen LogP contribution < -0.4 is 25.6 Å². The van der Waals surface area contributed by atoms with Crippen molar-refractivity contribution in [3.05, 3.63) is 52.6 Å². The SMILES string of the molecule is CCC(C)c1cc(C(C)(C)CC)ccc1OCCCNC(=O)NNc1cc(C#N)c(C#N)cc1OC. The number of methoxy groups -OCH3 is 1. The summed E-state index contributed by atoms with van der Waals surface area (Å²) in [6.45, 7) is 12.0. The van der Waals surface area contributed by atoms with Crippen LogP contribution in [0.3, 0.4) is 0 Å². The molecule has 0 aromatic heterocycles. The number of rotatable bonds is 12. The molecule has 2 aromatic rings. The topological polar surface area (TPSA) is 119 Å². The first-order valence-corrected chi connectivity index (χ1v) is 12.3. The van der Waals surface area contributed by atoms with Gasteiger partial charge in [0.05, 0.1) is 30.5 Å². The molecule has 2 rings (SSSR count). The van der Waals surface area contributed by atoms with Gasteiger partial charge in [-0.3, -0.25) is 10.9 Å². The van der Waals surface area contributed by atoms with Crippen molar-refractivity contribution in [3.8, 4) is 23.6 Å².